The average molecular weight is 428 g/mol. The molecule has 0 aromatic heterocycles. The Bertz CT molecular complexity index is 611. The van der Waals surface area contributed by atoms with E-state index in [0.717, 1.165) is 37.0 Å². The van der Waals surface area contributed by atoms with Gasteiger partial charge in [0.2, 0.25) is 5.91 Å². The molecule has 0 unspecified atom stereocenters. The molecule has 30 heavy (non-hydrogen) atoms. The maximum Gasteiger partial charge on any atom is 0.305 e. The summed E-state index contributed by atoms with van der Waals surface area (Å²) in [5.41, 5.74) is 15.3. The van der Waals surface area contributed by atoms with Gasteiger partial charge in [-0.15, -0.1) is 0 Å². The van der Waals surface area contributed by atoms with Gasteiger partial charge < -0.3 is 32.0 Å². The van der Waals surface area contributed by atoms with E-state index in [-0.39, 0.29) is 18.2 Å². The van der Waals surface area contributed by atoms with E-state index in [9.17, 15) is 19.2 Å². The molecule has 7 N–H and O–H groups in total. The van der Waals surface area contributed by atoms with Crippen LogP contribution in [0.3, 0.4) is 0 Å². The number of carboxylic acids is 1. The highest BCUT2D eigenvalue weighted by atomic mass is 16.4. The zero-order valence-corrected chi connectivity index (χ0v) is 18.3. The number of aldehydes is 1. The molecule has 0 spiro atoms. The summed E-state index contributed by atoms with van der Waals surface area (Å²) in [6.07, 6.45) is 5.24. The number of amides is 1. The monoisotopic (exact) mass is 427 g/mol. The van der Waals surface area contributed by atoms with Gasteiger partial charge in [-0.25, -0.2) is 0 Å². The lowest BCUT2D eigenvalue weighted by Gasteiger charge is -2.40. The van der Waals surface area contributed by atoms with Crippen molar-refractivity contribution >= 4 is 29.9 Å². The third kappa shape index (κ3) is 10.9. The molecule has 0 aliphatic heterocycles. The van der Waals surface area contributed by atoms with Crippen molar-refractivity contribution in [3.8, 4) is 0 Å². The van der Waals surface area contributed by atoms with Crippen molar-refractivity contribution in [3.05, 3.63) is 0 Å². The van der Waals surface area contributed by atoms with Gasteiger partial charge in [-0.2, -0.15) is 0 Å². The van der Waals surface area contributed by atoms with Crippen molar-refractivity contribution < 1.29 is 24.3 Å². The SMILES string of the molecule is CC(C)(C)N(C(=O)[C@@H](N)CC(=O)O)[C@H](C=O)C(=O)CCCCCCCCN=C(N)N. The third-order valence-corrected chi connectivity index (χ3v) is 4.53. The first-order valence-electron chi connectivity index (χ1n) is 10.3. The summed E-state index contributed by atoms with van der Waals surface area (Å²) >= 11 is 0. The third-order valence-electron chi connectivity index (χ3n) is 4.53. The number of carboxylic acid groups (broad SMARTS) is 1. The number of aliphatic carboxylic acids is 1. The van der Waals surface area contributed by atoms with Crippen molar-refractivity contribution in [2.24, 2.45) is 22.2 Å². The molecule has 0 fully saturated rings. The van der Waals surface area contributed by atoms with Crippen LogP contribution in [0.5, 0.6) is 0 Å². The normalized spacial score (nSPS) is 13.2. The summed E-state index contributed by atoms with van der Waals surface area (Å²) in [6.45, 7) is 5.61. The van der Waals surface area contributed by atoms with E-state index in [1.807, 2.05) is 0 Å². The predicted octanol–water partition coefficient (Wildman–Crippen LogP) is 0.556. The molecule has 0 radical (unpaired) electrons. The van der Waals surface area contributed by atoms with Gasteiger partial charge in [-0.1, -0.05) is 25.7 Å². The quantitative estimate of drug-likeness (QED) is 0.0960. The largest absolute Gasteiger partial charge is 0.481 e. The summed E-state index contributed by atoms with van der Waals surface area (Å²) in [5.74, 6) is -2.23. The zero-order valence-electron chi connectivity index (χ0n) is 18.3. The zero-order chi connectivity index (χ0) is 23.3. The fraction of sp³-hybridized carbons (Fsp3) is 0.750. The van der Waals surface area contributed by atoms with Crippen molar-refractivity contribution in [1.82, 2.24) is 4.90 Å². The van der Waals surface area contributed by atoms with Crippen LogP contribution in [0.2, 0.25) is 0 Å². The Morgan fingerprint density at radius 3 is 2.03 bits per heavy atom. The first-order chi connectivity index (χ1) is 13.9. The van der Waals surface area contributed by atoms with Crippen LogP contribution in [0.1, 0.15) is 72.1 Å². The number of aliphatic imine (C=N–C) groups is 1. The Morgan fingerprint density at radius 2 is 1.57 bits per heavy atom. The van der Waals surface area contributed by atoms with E-state index in [1.165, 1.54) is 0 Å². The lowest BCUT2D eigenvalue weighted by Crippen LogP contribution is -2.59. The minimum Gasteiger partial charge on any atom is -0.481 e. The minimum absolute atomic E-state index is 0.0879. The number of guanidine groups is 1. The van der Waals surface area contributed by atoms with Gasteiger partial charge in [-0.05, 0) is 33.6 Å². The Morgan fingerprint density at radius 1 is 1.03 bits per heavy atom. The molecule has 0 saturated carbocycles. The number of nitrogens with zero attached hydrogens (tertiary/aromatic N) is 2. The molecular formula is C20H37N5O5. The highest BCUT2D eigenvalue weighted by Gasteiger charge is 2.39. The fourth-order valence-corrected chi connectivity index (χ4v) is 3.09. The molecule has 10 heteroatoms. The van der Waals surface area contributed by atoms with Crippen molar-refractivity contribution in [2.75, 3.05) is 6.54 Å². The maximum atomic E-state index is 12.7. The summed E-state index contributed by atoms with van der Waals surface area (Å²) in [6, 6.07) is -2.60. The van der Waals surface area contributed by atoms with E-state index in [4.69, 9.17) is 22.3 Å². The molecule has 2 atom stereocenters. The number of hydrogen-bond acceptors (Lipinski definition) is 6. The maximum absolute atomic E-state index is 12.7. The van der Waals surface area contributed by atoms with E-state index >= 15 is 0 Å². The fourth-order valence-electron chi connectivity index (χ4n) is 3.09. The first-order valence-corrected chi connectivity index (χ1v) is 10.3. The standard InChI is InChI=1S/C20H37N5O5/c1-20(2,3)25(18(30)14(21)12-17(28)29)15(13-26)16(27)10-8-6-4-5-7-9-11-24-19(22)23/h13-15H,4-12,21H2,1-3H3,(H,28,29)(H4,22,23,24)/t14-,15+/m0/s1. The summed E-state index contributed by atoms with van der Waals surface area (Å²) in [7, 11) is 0. The number of carbonyl (C=O) groups excluding carboxylic acids is 3. The Kier molecular flexibility index (Phi) is 12.5. The second-order valence-electron chi connectivity index (χ2n) is 8.31. The average Bonchev–Trinajstić information content (AvgIpc) is 2.61. The van der Waals surface area contributed by atoms with Crippen LogP contribution in [0.4, 0.5) is 0 Å². The molecular weight excluding hydrogens is 390 g/mol. The molecule has 10 nitrogen and oxygen atoms in total. The second-order valence-corrected chi connectivity index (χ2v) is 8.31. The van der Waals surface area contributed by atoms with Gasteiger partial charge >= 0.3 is 5.97 Å². The smallest absolute Gasteiger partial charge is 0.305 e. The summed E-state index contributed by atoms with van der Waals surface area (Å²) < 4.78 is 0. The summed E-state index contributed by atoms with van der Waals surface area (Å²) in [4.78, 5) is 52.9. The van der Waals surface area contributed by atoms with Crippen LogP contribution >= 0.6 is 0 Å². The molecule has 0 saturated heterocycles. The topological polar surface area (TPSA) is 182 Å². The van der Waals surface area contributed by atoms with Gasteiger partial charge in [0.1, 0.15) is 12.3 Å². The van der Waals surface area contributed by atoms with E-state index in [0.29, 0.717) is 19.3 Å². The van der Waals surface area contributed by atoms with Crippen molar-refractivity contribution in [3.63, 3.8) is 0 Å². The number of nitrogens with two attached hydrogens (primary N) is 3. The number of carbonyl (C=O) groups is 4. The highest BCUT2D eigenvalue weighted by Crippen LogP contribution is 2.20. The number of unbranched alkanes of at least 4 members (excludes halogenated alkanes) is 5. The van der Waals surface area contributed by atoms with Gasteiger partial charge in [0.25, 0.3) is 0 Å². The van der Waals surface area contributed by atoms with E-state index < -0.39 is 35.9 Å². The lowest BCUT2D eigenvalue weighted by molar-refractivity contribution is -0.150. The first kappa shape index (κ1) is 27.5. The Labute approximate surface area is 178 Å². The van der Waals surface area contributed by atoms with Crippen LogP contribution < -0.4 is 17.2 Å². The molecule has 0 aliphatic rings. The molecule has 172 valence electrons. The predicted molar refractivity (Wildman–Crippen MR) is 115 cm³/mol. The van der Waals surface area contributed by atoms with Gasteiger partial charge in [0.05, 0.1) is 12.5 Å². The Hall–Kier alpha value is -2.49. The van der Waals surface area contributed by atoms with Gasteiger partial charge in [0, 0.05) is 18.5 Å². The molecule has 0 heterocycles. The number of Topliss-reactive ketones (excluding diaryl/α,β-unsaturated/α-hetero) is 1. The number of hydrogen-bond donors (Lipinski definition) is 4. The highest BCUT2D eigenvalue weighted by molar-refractivity contribution is 6.02. The van der Waals surface area contributed by atoms with E-state index in [1.54, 1.807) is 20.8 Å². The Balaban J connectivity index is 4.68. The molecule has 0 rings (SSSR count). The van der Waals surface area contributed by atoms with E-state index in [2.05, 4.69) is 4.99 Å². The van der Waals surface area contributed by atoms with Crippen LogP contribution in [0.15, 0.2) is 4.99 Å². The molecule has 0 aliphatic carbocycles. The van der Waals surface area contributed by atoms with Crippen LogP contribution in [0.25, 0.3) is 0 Å². The van der Waals surface area contributed by atoms with Gasteiger partial charge in [0.15, 0.2) is 11.7 Å². The van der Waals surface area contributed by atoms with Gasteiger partial charge in [-0.3, -0.25) is 19.4 Å². The number of rotatable bonds is 15. The lowest BCUT2D eigenvalue weighted by atomic mass is 9.96. The van der Waals surface area contributed by atoms with Crippen molar-refractivity contribution in [2.45, 2.75) is 89.8 Å². The van der Waals surface area contributed by atoms with Crippen LogP contribution in [0, 0.1) is 0 Å². The van der Waals surface area contributed by atoms with Crippen molar-refractivity contribution in [1.29, 1.82) is 0 Å². The molecule has 0 aromatic rings. The second kappa shape index (κ2) is 13.7. The summed E-state index contributed by atoms with van der Waals surface area (Å²) in [5, 5.41) is 8.88. The molecule has 0 bridgehead atoms. The molecule has 1 amide bonds. The minimum atomic E-state index is -1.32. The van der Waals surface area contributed by atoms with Crippen LogP contribution in [-0.2, 0) is 19.2 Å². The van der Waals surface area contributed by atoms with Crippen LogP contribution in [-0.4, -0.2) is 64.1 Å². The number of ketones is 1. The molecule has 0 aromatic carbocycles.